The van der Waals surface area contributed by atoms with Crippen LogP contribution in [0.3, 0.4) is 0 Å². The molecule has 1 N–H and O–H groups in total. The van der Waals surface area contributed by atoms with E-state index in [0.29, 0.717) is 30.1 Å². The lowest BCUT2D eigenvalue weighted by atomic mass is 10.0. The number of hydrogen-bond donors (Lipinski definition) is 1. The Balaban J connectivity index is 1.70. The minimum Gasteiger partial charge on any atom is -0.484 e. The molecule has 0 saturated heterocycles. The Labute approximate surface area is 166 Å². The van der Waals surface area contributed by atoms with Crippen molar-refractivity contribution >= 4 is 27.3 Å². The van der Waals surface area contributed by atoms with Gasteiger partial charge in [0, 0.05) is 12.2 Å². The zero-order valence-electron chi connectivity index (χ0n) is 16.3. The van der Waals surface area contributed by atoms with Gasteiger partial charge in [0.2, 0.25) is 10.0 Å². The van der Waals surface area contributed by atoms with Gasteiger partial charge in [0.25, 0.3) is 5.91 Å². The SMILES string of the molecule is CCCS(=O)(=O)N1CCCc2ccc(NC(=O)COc3ccc(C)cc3)cc21. The molecule has 7 heteroatoms. The third kappa shape index (κ3) is 4.84. The Bertz CT molecular complexity index is 939. The molecule has 28 heavy (non-hydrogen) atoms. The zero-order chi connectivity index (χ0) is 20.1. The van der Waals surface area contributed by atoms with E-state index in [1.165, 1.54) is 4.31 Å². The van der Waals surface area contributed by atoms with Crippen molar-refractivity contribution in [3.8, 4) is 5.75 Å². The van der Waals surface area contributed by atoms with E-state index >= 15 is 0 Å². The van der Waals surface area contributed by atoms with Crippen molar-refractivity contribution in [3.05, 3.63) is 53.6 Å². The average molecular weight is 403 g/mol. The van der Waals surface area contributed by atoms with Gasteiger partial charge in [-0.2, -0.15) is 0 Å². The first kappa shape index (κ1) is 20.2. The standard InChI is InChI=1S/C21H26N2O4S/c1-3-13-28(25,26)23-12-4-5-17-8-9-18(14-20(17)23)22-21(24)15-27-19-10-6-16(2)7-11-19/h6-11,14H,3-5,12-13,15H2,1-2H3,(H,22,24). The Morgan fingerprint density at radius 3 is 2.64 bits per heavy atom. The van der Waals surface area contributed by atoms with Crippen LogP contribution in [0.2, 0.25) is 0 Å². The predicted octanol–water partition coefficient (Wildman–Crippen LogP) is 3.50. The molecule has 0 bridgehead atoms. The summed E-state index contributed by atoms with van der Waals surface area (Å²) in [7, 11) is -3.35. The maximum Gasteiger partial charge on any atom is 0.262 e. The zero-order valence-corrected chi connectivity index (χ0v) is 17.1. The van der Waals surface area contributed by atoms with Crippen LogP contribution in [0.15, 0.2) is 42.5 Å². The minimum absolute atomic E-state index is 0.113. The summed E-state index contributed by atoms with van der Waals surface area (Å²) in [5.41, 5.74) is 3.33. The van der Waals surface area contributed by atoms with Gasteiger partial charge in [0.05, 0.1) is 11.4 Å². The predicted molar refractivity (Wildman–Crippen MR) is 111 cm³/mol. The van der Waals surface area contributed by atoms with Crippen LogP contribution in [0.25, 0.3) is 0 Å². The lowest BCUT2D eigenvalue weighted by molar-refractivity contribution is -0.118. The van der Waals surface area contributed by atoms with Crippen LogP contribution < -0.4 is 14.4 Å². The Morgan fingerprint density at radius 2 is 1.93 bits per heavy atom. The van der Waals surface area contributed by atoms with Gasteiger partial charge in [-0.1, -0.05) is 30.7 Å². The smallest absolute Gasteiger partial charge is 0.262 e. The molecule has 0 fully saturated rings. The third-order valence-corrected chi connectivity index (χ3v) is 6.61. The molecule has 1 heterocycles. The molecular weight excluding hydrogens is 376 g/mol. The third-order valence-electron chi connectivity index (χ3n) is 4.63. The van der Waals surface area contributed by atoms with Crippen LogP contribution in [0.1, 0.15) is 30.9 Å². The Morgan fingerprint density at radius 1 is 1.18 bits per heavy atom. The first-order valence-corrected chi connectivity index (χ1v) is 11.1. The maximum absolute atomic E-state index is 12.6. The molecule has 0 atom stereocenters. The number of ether oxygens (including phenoxy) is 1. The van der Waals surface area contributed by atoms with Crippen molar-refractivity contribution in [2.24, 2.45) is 0 Å². The highest BCUT2D eigenvalue weighted by Crippen LogP contribution is 2.32. The summed E-state index contributed by atoms with van der Waals surface area (Å²) < 4.78 is 32.1. The number of carbonyl (C=O) groups excluding carboxylic acids is 1. The van der Waals surface area contributed by atoms with Crippen molar-refractivity contribution < 1.29 is 17.9 Å². The number of rotatable bonds is 7. The highest BCUT2D eigenvalue weighted by molar-refractivity contribution is 7.92. The molecule has 6 nitrogen and oxygen atoms in total. The molecule has 1 amide bonds. The molecule has 0 saturated carbocycles. The van der Waals surface area contributed by atoms with E-state index in [0.717, 1.165) is 24.0 Å². The molecule has 1 aliphatic heterocycles. The topological polar surface area (TPSA) is 75.7 Å². The van der Waals surface area contributed by atoms with Gasteiger partial charge >= 0.3 is 0 Å². The van der Waals surface area contributed by atoms with Crippen molar-refractivity contribution in [1.29, 1.82) is 0 Å². The number of hydrogen-bond acceptors (Lipinski definition) is 4. The molecule has 0 aromatic heterocycles. The number of amides is 1. The first-order valence-electron chi connectivity index (χ1n) is 9.51. The van der Waals surface area contributed by atoms with Crippen LogP contribution in [0.4, 0.5) is 11.4 Å². The molecule has 1 aliphatic rings. The summed E-state index contributed by atoms with van der Waals surface area (Å²) in [6, 6.07) is 12.9. The largest absolute Gasteiger partial charge is 0.484 e. The van der Waals surface area contributed by atoms with E-state index in [4.69, 9.17) is 4.74 Å². The van der Waals surface area contributed by atoms with E-state index in [9.17, 15) is 13.2 Å². The number of nitrogens with zero attached hydrogens (tertiary/aromatic N) is 1. The summed E-state index contributed by atoms with van der Waals surface area (Å²) in [6.07, 6.45) is 2.20. The van der Waals surface area contributed by atoms with Gasteiger partial charge in [-0.15, -0.1) is 0 Å². The second kappa shape index (κ2) is 8.65. The number of anilines is 2. The summed E-state index contributed by atoms with van der Waals surface area (Å²) >= 11 is 0. The molecule has 0 aliphatic carbocycles. The molecule has 150 valence electrons. The van der Waals surface area contributed by atoms with Crippen LogP contribution in [0.5, 0.6) is 5.75 Å². The number of benzene rings is 2. The van der Waals surface area contributed by atoms with Crippen LogP contribution in [0, 0.1) is 6.92 Å². The molecule has 3 rings (SSSR count). The quantitative estimate of drug-likeness (QED) is 0.769. The number of nitrogens with one attached hydrogen (secondary N) is 1. The van der Waals surface area contributed by atoms with Gasteiger partial charge in [-0.25, -0.2) is 8.42 Å². The summed E-state index contributed by atoms with van der Waals surface area (Å²) in [4.78, 5) is 12.2. The fourth-order valence-corrected chi connectivity index (χ4v) is 4.87. The number of sulfonamides is 1. The van der Waals surface area contributed by atoms with E-state index in [1.54, 1.807) is 12.1 Å². The van der Waals surface area contributed by atoms with Crippen molar-refractivity contribution in [3.63, 3.8) is 0 Å². The Kier molecular flexibility index (Phi) is 6.24. The highest BCUT2D eigenvalue weighted by Gasteiger charge is 2.27. The molecule has 0 spiro atoms. The Hall–Kier alpha value is -2.54. The van der Waals surface area contributed by atoms with E-state index in [2.05, 4.69) is 5.32 Å². The summed E-state index contributed by atoms with van der Waals surface area (Å²) in [6.45, 7) is 4.20. The average Bonchev–Trinajstić information content (AvgIpc) is 2.67. The lowest BCUT2D eigenvalue weighted by Gasteiger charge is -2.31. The van der Waals surface area contributed by atoms with Crippen LogP contribution >= 0.6 is 0 Å². The first-order chi connectivity index (χ1) is 13.4. The number of fused-ring (bicyclic) bond motifs is 1. The van der Waals surface area contributed by atoms with Crippen molar-refractivity contribution in [2.75, 3.05) is 28.5 Å². The van der Waals surface area contributed by atoms with Crippen molar-refractivity contribution in [2.45, 2.75) is 33.1 Å². The van der Waals surface area contributed by atoms with E-state index in [1.807, 2.05) is 44.2 Å². The minimum atomic E-state index is -3.35. The monoisotopic (exact) mass is 402 g/mol. The van der Waals surface area contributed by atoms with Gasteiger partial charge in [0.15, 0.2) is 6.61 Å². The fraction of sp³-hybridized carbons (Fsp3) is 0.381. The maximum atomic E-state index is 12.6. The molecular formula is C21H26N2O4S. The second-order valence-corrected chi connectivity index (χ2v) is 9.00. The molecule has 0 radical (unpaired) electrons. The normalized spacial score (nSPS) is 13.7. The van der Waals surface area contributed by atoms with Gasteiger partial charge in [0.1, 0.15) is 5.75 Å². The second-order valence-electron chi connectivity index (χ2n) is 6.99. The fourth-order valence-electron chi connectivity index (χ4n) is 3.26. The molecule has 2 aromatic rings. The molecule has 2 aromatic carbocycles. The van der Waals surface area contributed by atoms with Gasteiger partial charge in [-0.05, 0) is 56.0 Å². The lowest BCUT2D eigenvalue weighted by Crippen LogP contribution is -2.37. The summed E-state index contributed by atoms with van der Waals surface area (Å²) in [5, 5.41) is 2.79. The number of aryl methyl sites for hydroxylation is 2. The van der Waals surface area contributed by atoms with Gasteiger partial charge in [-0.3, -0.25) is 9.10 Å². The van der Waals surface area contributed by atoms with Crippen molar-refractivity contribution in [1.82, 2.24) is 0 Å². The summed E-state index contributed by atoms with van der Waals surface area (Å²) in [5.74, 6) is 0.454. The van der Waals surface area contributed by atoms with Crippen LogP contribution in [-0.4, -0.2) is 33.2 Å². The van der Waals surface area contributed by atoms with E-state index in [-0.39, 0.29) is 18.3 Å². The van der Waals surface area contributed by atoms with Crippen LogP contribution in [-0.2, 0) is 21.2 Å². The number of carbonyl (C=O) groups is 1. The molecule has 0 unspecified atom stereocenters. The van der Waals surface area contributed by atoms with Gasteiger partial charge < -0.3 is 10.1 Å². The van der Waals surface area contributed by atoms with E-state index < -0.39 is 10.0 Å². The highest BCUT2D eigenvalue weighted by atomic mass is 32.2.